The van der Waals surface area contributed by atoms with Gasteiger partial charge in [0, 0.05) is 5.56 Å². The fourth-order valence-electron chi connectivity index (χ4n) is 2.16. The minimum absolute atomic E-state index is 0.00102. The Hall–Kier alpha value is -2.93. The van der Waals surface area contributed by atoms with Crippen molar-refractivity contribution in [2.24, 2.45) is 0 Å². The Morgan fingerprint density at radius 3 is 2.38 bits per heavy atom. The molecule has 0 saturated heterocycles. The van der Waals surface area contributed by atoms with Gasteiger partial charge in [0.25, 0.3) is 11.8 Å². The molecule has 7 heteroatoms. The fourth-order valence-corrected chi connectivity index (χ4v) is 2.31. The molecule has 0 saturated carbocycles. The third-order valence-corrected chi connectivity index (χ3v) is 3.84. The third-order valence-electron chi connectivity index (χ3n) is 3.63. The molecule has 2 aromatic rings. The zero-order valence-corrected chi connectivity index (χ0v) is 15.5. The molecule has 0 aromatic heterocycles. The molecule has 0 spiro atoms. The minimum atomic E-state index is -0.419. The number of carbonyl (C=O) groups excluding carboxylic acids is 2. The van der Waals surface area contributed by atoms with E-state index in [0.717, 1.165) is 12.0 Å². The predicted octanol–water partition coefficient (Wildman–Crippen LogP) is 2.27. The number of thiocarbonyl (C=S) groups is 1. The average Bonchev–Trinajstić information content (AvgIpc) is 2.65. The van der Waals surface area contributed by atoms with Gasteiger partial charge in [-0.3, -0.25) is 25.8 Å². The van der Waals surface area contributed by atoms with E-state index in [-0.39, 0.29) is 17.6 Å². The van der Waals surface area contributed by atoms with Crippen molar-refractivity contribution >= 4 is 29.1 Å². The highest BCUT2D eigenvalue weighted by atomic mass is 32.1. The van der Waals surface area contributed by atoms with Crippen LogP contribution in [0.2, 0.25) is 0 Å². The summed E-state index contributed by atoms with van der Waals surface area (Å²) in [6.45, 7) is 3.72. The Kier molecular flexibility index (Phi) is 7.11. The standard InChI is InChI=1S/C19H21N3O3S/c1-3-14-8-10-15(11-9-14)25-12-17(23)21-22-19(26)20-18(24)16-7-5-4-6-13(16)2/h4-11H,3,12H2,1-2H3,(H,21,23)(H2,20,22,24,26). The van der Waals surface area contributed by atoms with Crippen molar-refractivity contribution in [3.63, 3.8) is 0 Å². The van der Waals surface area contributed by atoms with E-state index in [0.29, 0.717) is 11.3 Å². The van der Waals surface area contributed by atoms with Crippen molar-refractivity contribution in [3.8, 4) is 5.75 Å². The van der Waals surface area contributed by atoms with Crippen LogP contribution < -0.4 is 20.9 Å². The quantitative estimate of drug-likeness (QED) is 0.555. The fraction of sp³-hybridized carbons (Fsp3) is 0.211. The Balaban J connectivity index is 1.73. The molecular formula is C19H21N3O3S. The number of aryl methyl sites for hydroxylation is 2. The molecule has 6 nitrogen and oxygen atoms in total. The number of hydrazine groups is 1. The second-order valence-electron chi connectivity index (χ2n) is 5.56. The maximum Gasteiger partial charge on any atom is 0.276 e. The third kappa shape index (κ3) is 5.86. The zero-order valence-electron chi connectivity index (χ0n) is 14.7. The van der Waals surface area contributed by atoms with Gasteiger partial charge in [0.15, 0.2) is 11.7 Å². The van der Waals surface area contributed by atoms with Gasteiger partial charge in [-0.05, 0) is 54.9 Å². The van der Waals surface area contributed by atoms with Crippen molar-refractivity contribution in [1.29, 1.82) is 0 Å². The largest absolute Gasteiger partial charge is 0.484 e. The Labute approximate surface area is 157 Å². The first-order chi connectivity index (χ1) is 12.5. The van der Waals surface area contributed by atoms with Gasteiger partial charge in [-0.25, -0.2) is 0 Å². The van der Waals surface area contributed by atoms with Crippen molar-refractivity contribution in [1.82, 2.24) is 16.2 Å². The van der Waals surface area contributed by atoms with E-state index < -0.39 is 5.91 Å². The summed E-state index contributed by atoms with van der Waals surface area (Å²) in [5.41, 5.74) is 7.39. The molecule has 2 amide bonds. The van der Waals surface area contributed by atoms with Gasteiger partial charge in [-0.2, -0.15) is 0 Å². The predicted molar refractivity (Wildman–Crippen MR) is 104 cm³/mol. The van der Waals surface area contributed by atoms with Crippen molar-refractivity contribution in [2.45, 2.75) is 20.3 Å². The lowest BCUT2D eigenvalue weighted by Gasteiger charge is -2.12. The average molecular weight is 371 g/mol. The molecule has 3 N–H and O–H groups in total. The first kappa shape index (κ1) is 19.4. The van der Waals surface area contributed by atoms with Gasteiger partial charge in [-0.15, -0.1) is 0 Å². The number of nitrogens with one attached hydrogen (secondary N) is 3. The second kappa shape index (κ2) is 9.53. The molecule has 0 heterocycles. The van der Waals surface area contributed by atoms with Gasteiger partial charge in [0.1, 0.15) is 5.75 Å². The molecule has 26 heavy (non-hydrogen) atoms. The lowest BCUT2D eigenvalue weighted by atomic mass is 10.1. The minimum Gasteiger partial charge on any atom is -0.484 e. The summed E-state index contributed by atoms with van der Waals surface area (Å²) in [6, 6.07) is 14.7. The van der Waals surface area contributed by atoms with Crippen LogP contribution in [0.15, 0.2) is 48.5 Å². The first-order valence-electron chi connectivity index (χ1n) is 8.17. The molecule has 0 aliphatic heterocycles. The number of amides is 2. The molecule has 0 aliphatic rings. The monoisotopic (exact) mass is 371 g/mol. The molecule has 136 valence electrons. The van der Waals surface area contributed by atoms with E-state index >= 15 is 0 Å². The van der Waals surface area contributed by atoms with Crippen LogP contribution >= 0.6 is 12.2 Å². The Bertz CT molecular complexity index is 791. The van der Waals surface area contributed by atoms with Gasteiger partial charge in [0.05, 0.1) is 0 Å². The first-order valence-corrected chi connectivity index (χ1v) is 8.58. The molecule has 0 fully saturated rings. The van der Waals surface area contributed by atoms with Crippen LogP contribution in [-0.2, 0) is 11.2 Å². The topological polar surface area (TPSA) is 79.5 Å². The van der Waals surface area contributed by atoms with Crippen molar-refractivity contribution in [3.05, 3.63) is 65.2 Å². The number of ether oxygens (including phenoxy) is 1. The summed E-state index contributed by atoms with van der Waals surface area (Å²) in [4.78, 5) is 23.9. The number of carbonyl (C=O) groups is 2. The van der Waals surface area contributed by atoms with E-state index in [9.17, 15) is 9.59 Å². The molecule has 0 bridgehead atoms. The summed E-state index contributed by atoms with van der Waals surface area (Å²) in [5.74, 6) is -0.160. The molecular weight excluding hydrogens is 350 g/mol. The Morgan fingerprint density at radius 2 is 1.73 bits per heavy atom. The van der Waals surface area contributed by atoms with Gasteiger partial charge in [-0.1, -0.05) is 37.3 Å². The van der Waals surface area contributed by atoms with Crippen molar-refractivity contribution in [2.75, 3.05) is 6.61 Å². The molecule has 2 rings (SSSR count). The highest BCUT2D eigenvalue weighted by Gasteiger charge is 2.10. The molecule has 0 aliphatic carbocycles. The summed E-state index contributed by atoms with van der Waals surface area (Å²) in [7, 11) is 0. The summed E-state index contributed by atoms with van der Waals surface area (Å²) >= 11 is 5.00. The van der Waals surface area contributed by atoms with Crippen LogP contribution in [-0.4, -0.2) is 23.5 Å². The highest BCUT2D eigenvalue weighted by molar-refractivity contribution is 7.80. The Morgan fingerprint density at radius 1 is 1.04 bits per heavy atom. The van der Waals surface area contributed by atoms with Crippen molar-refractivity contribution < 1.29 is 14.3 Å². The summed E-state index contributed by atoms with van der Waals surface area (Å²) in [6.07, 6.45) is 0.941. The van der Waals surface area contributed by atoms with Gasteiger partial charge < -0.3 is 4.74 Å². The normalized spacial score (nSPS) is 9.92. The summed E-state index contributed by atoms with van der Waals surface area (Å²) in [5, 5.41) is 2.50. The van der Waals surface area contributed by atoms with E-state index in [1.54, 1.807) is 12.1 Å². The van der Waals surface area contributed by atoms with Gasteiger partial charge >= 0.3 is 0 Å². The van der Waals surface area contributed by atoms with Crippen LogP contribution in [0, 0.1) is 6.92 Å². The maximum atomic E-state index is 12.1. The smallest absolute Gasteiger partial charge is 0.276 e. The SMILES string of the molecule is CCc1ccc(OCC(=O)NNC(=S)NC(=O)c2ccccc2C)cc1. The van der Waals surface area contributed by atoms with E-state index in [1.165, 1.54) is 5.56 Å². The second-order valence-corrected chi connectivity index (χ2v) is 5.97. The number of hydrogen-bond donors (Lipinski definition) is 3. The van der Waals surface area contributed by atoms with E-state index in [1.807, 2.05) is 43.3 Å². The van der Waals surface area contributed by atoms with Crippen LogP contribution in [0.25, 0.3) is 0 Å². The van der Waals surface area contributed by atoms with Crippen LogP contribution in [0.1, 0.15) is 28.4 Å². The molecule has 0 radical (unpaired) electrons. The van der Waals surface area contributed by atoms with E-state index in [2.05, 4.69) is 23.1 Å². The molecule has 2 aromatic carbocycles. The number of hydrogen-bond acceptors (Lipinski definition) is 4. The zero-order chi connectivity index (χ0) is 18.9. The number of rotatable bonds is 5. The molecule has 0 atom stereocenters. The van der Waals surface area contributed by atoms with Crippen LogP contribution in [0.5, 0.6) is 5.75 Å². The van der Waals surface area contributed by atoms with E-state index in [4.69, 9.17) is 17.0 Å². The van der Waals surface area contributed by atoms with Crippen LogP contribution in [0.4, 0.5) is 0 Å². The van der Waals surface area contributed by atoms with Gasteiger partial charge in [0.2, 0.25) is 0 Å². The molecule has 0 unspecified atom stereocenters. The maximum absolute atomic E-state index is 12.1. The number of benzene rings is 2. The lowest BCUT2D eigenvalue weighted by molar-refractivity contribution is -0.123. The summed E-state index contributed by atoms with van der Waals surface area (Å²) < 4.78 is 5.38. The highest BCUT2D eigenvalue weighted by Crippen LogP contribution is 2.12. The van der Waals surface area contributed by atoms with Crippen LogP contribution in [0.3, 0.4) is 0 Å². The lowest BCUT2D eigenvalue weighted by Crippen LogP contribution is -2.49.